The van der Waals surface area contributed by atoms with Crippen LogP contribution >= 0.6 is 12.4 Å². The Bertz CT molecular complexity index is 266. The maximum absolute atomic E-state index is 11.5. The van der Waals surface area contributed by atoms with Gasteiger partial charge in [0.2, 0.25) is 11.8 Å². The molecule has 0 spiro atoms. The molecule has 18 heavy (non-hydrogen) atoms. The van der Waals surface area contributed by atoms with E-state index in [1.54, 1.807) is 0 Å². The van der Waals surface area contributed by atoms with Crippen molar-refractivity contribution in [3.63, 3.8) is 0 Å². The van der Waals surface area contributed by atoms with Crippen molar-refractivity contribution in [2.75, 3.05) is 19.6 Å². The molecule has 0 aromatic rings. The third-order valence-electron chi connectivity index (χ3n) is 2.86. The van der Waals surface area contributed by atoms with Crippen LogP contribution in [0.15, 0.2) is 0 Å². The van der Waals surface area contributed by atoms with E-state index in [0.717, 1.165) is 19.4 Å². The van der Waals surface area contributed by atoms with Crippen LogP contribution < -0.4 is 16.0 Å². The molecular weight excluding hydrogens is 254 g/mol. The van der Waals surface area contributed by atoms with E-state index in [1.165, 1.54) is 0 Å². The van der Waals surface area contributed by atoms with Crippen molar-refractivity contribution < 1.29 is 9.59 Å². The van der Waals surface area contributed by atoms with Gasteiger partial charge >= 0.3 is 0 Å². The molecule has 1 saturated heterocycles. The smallest absolute Gasteiger partial charge is 0.222 e. The van der Waals surface area contributed by atoms with Gasteiger partial charge in [-0.3, -0.25) is 9.59 Å². The van der Waals surface area contributed by atoms with E-state index < -0.39 is 0 Å². The summed E-state index contributed by atoms with van der Waals surface area (Å²) in [5, 5.41) is 8.85. The molecule has 0 saturated carbocycles. The predicted octanol–water partition coefficient (Wildman–Crippen LogP) is 0.439. The maximum atomic E-state index is 11.5. The van der Waals surface area contributed by atoms with Crippen LogP contribution in [0.2, 0.25) is 0 Å². The molecule has 1 unspecified atom stereocenters. The van der Waals surface area contributed by atoms with Crippen LogP contribution in [0.3, 0.4) is 0 Å². The van der Waals surface area contributed by atoms with Crippen LogP contribution in [0.25, 0.3) is 0 Å². The van der Waals surface area contributed by atoms with Gasteiger partial charge in [-0.2, -0.15) is 0 Å². The second-order valence-electron chi connectivity index (χ2n) is 4.79. The van der Waals surface area contributed by atoms with Crippen molar-refractivity contribution in [2.45, 2.75) is 39.2 Å². The van der Waals surface area contributed by atoms with Gasteiger partial charge in [-0.25, -0.2) is 0 Å². The number of carbonyl (C=O) groups excluding carboxylic acids is 2. The van der Waals surface area contributed by atoms with Crippen molar-refractivity contribution in [3.8, 4) is 0 Å². The zero-order valence-corrected chi connectivity index (χ0v) is 11.9. The maximum Gasteiger partial charge on any atom is 0.222 e. The van der Waals surface area contributed by atoms with Gasteiger partial charge in [0.05, 0.1) is 0 Å². The van der Waals surface area contributed by atoms with Crippen molar-refractivity contribution in [3.05, 3.63) is 0 Å². The summed E-state index contributed by atoms with van der Waals surface area (Å²) in [5.74, 6) is 0.0771. The predicted molar refractivity (Wildman–Crippen MR) is 73.7 cm³/mol. The van der Waals surface area contributed by atoms with Gasteiger partial charge in [0, 0.05) is 31.5 Å². The van der Waals surface area contributed by atoms with Gasteiger partial charge in [0.1, 0.15) is 0 Å². The highest BCUT2D eigenvalue weighted by molar-refractivity contribution is 5.85. The van der Waals surface area contributed by atoms with Crippen LogP contribution in [-0.2, 0) is 9.59 Å². The van der Waals surface area contributed by atoms with Crippen LogP contribution in [0.1, 0.15) is 33.1 Å². The number of amides is 2. The number of halogens is 1. The lowest BCUT2D eigenvalue weighted by Crippen LogP contribution is -2.38. The first-order chi connectivity index (χ1) is 8.09. The first-order valence-electron chi connectivity index (χ1n) is 6.37. The van der Waals surface area contributed by atoms with Crippen molar-refractivity contribution in [1.82, 2.24) is 16.0 Å². The summed E-state index contributed by atoms with van der Waals surface area (Å²) >= 11 is 0. The van der Waals surface area contributed by atoms with E-state index in [1.807, 2.05) is 13.8 Å². The Morgan fingerprint density at radius 3 is 2.50 bits per heavy atom. The lowest BCUT2D eigenvalue weighted by molar-refractivity contribution is -0.124. The average molecular weight is 278 g/mol. The molecule has 1 aliphatic heterocycles. The Morgan fingerprint density at radius 2 is 1.94 bits per heavy atom. The molecule has 1 rings (SSSR count). The molecule has 106 valence electrons. The van der Waals surface area contributed by atoms with Crippen LogP contribution in [-0.4, -0.2) is 37.5 Å². The summed E-state index contributed by atoms with van der Waals surface area (Å²) < 4.78 is 0. The highest BCUT2D eigenvalue weighted by Crippen LogP contribution is 2.07. The van der Waals surface area contributed by atoms with E-state index in [2.05, 4.69) is 16.0 Å². The van der Waals surface area contributed by atoms with Crippen LogP contribution in [0.4, 0.5) is 0 Å². The molecule has 5 nitrogen and oxygen atoms in total. The fourth-order valence-corrected chi connectivity index (χ4v) is 1.82. The third-order valence-corrected chi connectivity index (χ3v) is 2.86. The van der Waals surface area contributed by atoms with Crippen LogP contribution in [0.5, 0.6) is 0 Å². The normalized spacial score (nSPS) is 18.3. The van der Waals surface area contributed by atoms with E-state index in [4.69, 9.17) is 0 Å². The molecule has 0 aromatic carbocycles. The number of hydrogen-bond acceptors (Lipinski definition) is 3. The third kappa shape index (κ3) is 6.81. The quantitative estimate of drug-likeness (QED) is 0.617. The standard InChI is InChI=1S/C12H23N3O2.ClH/c1-9(2)12(17)15-7-6-14-11(16)8-10-4-3-5-13-10;/h9-10,13H,3-8H2,1-2H3,(H,14,16)(H,15,17);1H. The minimum absolute atomic E-state index is 0. The van der Waals surface area contributed by atoms with E-state index in [-0.39, 0.29) is 30.1 Å². The molecule has 6 heteroatoms. The van der Waals surface area contributed by atoms with Gasteiger partial charge in [-0.05, 0) is 19.4 Å². The molecule has 1 heterocycles. The lowest BCUT2D eigenvalue weighted by Gasteiger charge is -2.11. The summed E-state index contributed by atoms with van der Waals surface area (Å²) in [6.07, 6.45) is 2.78. The molecule has 0 aromatic heterocycles. The van der Waals surface area contributed by atoms with Gasteiger partial charge in [-0.15, -0.1) is 12.4 Å². The molecular formula is C12H24ClN3O2. The van der Waals surface area contributed by atoms with E-state index in [0.29, 0.717) is 25.6 Å². The molecule has 0 radical (unpaired) electrons. The molecule has 1 atom stereocenters. The second kappa shape index (κ2) is 9.16. The minimum atomic E-state index is -0.00612. The van der Waals surface area contributed by atoms with E-state index >= 15 is 0 Å². The Labute approximate surface area is 115 Å². The lowest BCUT2D eigenvalue weighted by atomic mass is 10.1. The molecule has 1 aliphatic rings. The number of hydrogen-bond donors (Lipinski definition) is 3. The second-order valence-corrected chi connectivity index (χ2v) is 4.79. The number of rotatable bonds is 6. The summed E-state index contributed by atoms with van der Waals surface area (Å²) in [7, 11) is 0. The largest absolute Gasteiger partial charge is 0.354 e. The van der Waals surface area contributed by atoms with Crippen molar-refractivity contribution in [2.24, 2.45) is 5.92 Å². The summed E-state index contributed by atoms with van der Waals surface area (Å²) in [6, 6.07) is 0.334. The summed E-state index contributed by atoms with van der Waals surface area (Å²) in [5.41, 5.74) is 0. The fourth-order valence-electron chi connectivity index (χ4n) is 1.82. The Kier molecular flexibility index (Phi) is 8.75. The van der Waals surface area contributed by atoms with Crippen LogP contribution in [0, 0.1) is 5.92 Å². The fraction of sp³-hybridized carbons (Fsp3) is 0.833. The first kappa shape index (κ1) is 17.2. The SMILES string of the molecule is CC(C)C(=O)NCCNC(=O)CC1CCCN1.Cl. The molecule has 0 bridgehead atoms. The summed E-state index contributed by atoms with van der Waals surface area (Å²) in [4.78, 5) is 22.7. The average Bonchev–Trinajstić information content (AvgIpc) is 2.76. The summed E-state index contributed by atoms with van der Waals surface area (Å²) in [6.45, 7) is 5.71. The molecule has 1 fully saturated rings. The first-order valence-corrected chi connectivity index (χ1v) is 6.37. The number of nitrogens with one attached hydrogen (secondary N) is 3. The Balaban J connectivity index is 0.00000289. The Morgan fingerprint density at radius 1 is 1.28 bits per heavy atom. The molecule has 3 N–H and O–H groups in total. The molecule has 2 amide bonds. The van der Waals surface area contributed by atoms with E-state index in [9.17, 15) is 9.59 Å². The van der Waals surface area contributed by atoms with Gasteiger partial charge < -0.3 is 16.0 Å². The highest BCUT2D eigenvalue weighted by atomic mass is 35.5. The molecule has 0 aliphatic carbocycles. The van der Waals surface area contributed by atoms with Gasteiger partial charge in [0.15, 0.2) is 0 Å². The van der Waals surface area contributed by atoms with Crippen molar-refractivity contribution in [1.29, 1.82) is 0 Å². The zero-order valence-electron chi connectivity index (χ0n) is 11.1. The highest BCUT2D eigenvalue weighted by Gasteiger charge is 2.17. The monoisotopic (exact) mass is 277 g/mol. The van der Waals surface area contributed by atoms with Crippen molar-refractivity contribution >= 4 is 24.2 Å². The topological polar surface area (TPSA) is 70.2 Å². The minimum Gasteiger partial charge on any atom is -0.354 e. The van der Waals surface area contributed by atoms with Gasteiger partial charge in [-0.1, -0.05) is 13.8 Å². The number of carbonyl (C=O) groups is 2. The van der Waals surface area contributed by atoms with Gasteiger partial charge in [0.25, 0.3) is 0 Å². The zero-order chi connectivity index (χ0) is 12.7. The Hall–Kier alpha value is -0.810.